The van der Waals surface area contributed by atoms with Crippen molar-refractivity contribution in [1.29, 1.82) is 0 Å². The Labute approximate surface area is 122 Å². The number of nitrogens with zero attached hydrogens (tertiary/aromatic N) is 1. The first-order valence-electron chi connectivity index (χ1n) is 7.25. The molecule has 3 heteroatoms. The molecule has 0 aliphatic carbocycles. The van der Waals surface area contributed by atoms with Crippen LogP contribution in [0.2, 0.25) is 0 Å². The summed E-state index contributed by atoms with van der Waals surface area (Å²) in [5.41, 5.74) is 4.21. The second-order valence-electron chi connectivity index (χ2n) is 5.78. The zero-order valence-electron chi connectivity index (χ0n) is 12.6. The van der Waals surface area contributed by atoms with Gasteiger partial charge in [0, 0.05) is 42.4 Å². The van der Waals surface area contributed by atoms with E-state index in [0.717, 1.165) is 11.8 Å². The van der Waals surface area contributed by atoms with Crippen molar-refractivity contribution in [1.82, 2.24) is 5.32 Å². The molecule has 1 fully saturated rings. The summed E-state index contributed by atoms with van der Waals surface area (Å²) in [6.45, 7) is 12.3. The molecule has 1 atom stereocenters. The molecule has 1 N–H and O–H groups in total. The van der Waals surface area contributed by atoms with Gasteiger partial charge in [0.05, 0.1) is 0 Å². The van der Waals surface area contributed by atoms with Crippen LogP contribution < -0.4 is 10.2 Å². The topological polar surface area (TPSA) is 15.3 Å². The summed E-state index contributed by atoms with van der Waals surface area (Å²) in [6, 6.07) is 7.44. The van der Waals surface area contributed by atoms with Crippen LogP contribution in [0.3, 0.4) is 0 Å². The zero-order valence-corrected chi connectivity index (χ0v) is 13.4. The molecule has 1 heterocycles. The second-order valence-corrected chi connectivity index (χ2v) is 7.33. The third-order valence-electron chi connectivity index (χ3n) is 3.56. The molecular formula is C16H26N2S. The Morgan fingerprint density at radius 2 is 2.21 bits per heavy atom. The van der Waals surface area contributed by atoms with Crippen molar-refractivity contribution in [3.63, 3.8) is 0 Å². The maximum atomic E-state index is 3.48. The van der Waals surface area contributed by atoms with Gasteiger partial charge in [-0.05, 0) is 24.1 Å². The van der Waals surface area contributed by atoms with Gasteiger partial charge in [0.2, 0.25) is 0 Å². The highest BCUT2D eigenvalue weighted by molar-refractivity contribution is 8.00. The van der Waals surface area contributed by atoms with Gasteiger partial charge in [-0.1, -0.05) is 32.9 Å². The minimum absolute atomic E-state index is 0.542. The molecule has 1 aromatic rings. The van der Waals surface area contributed by atoms with Crippen LogP contribution in [0, 0.1) is 6.92 Å². The molecule has 1 aliphatic rings. The fraction of sp³-hybridized carbons (Fsp3) is 0.625. The van der Waals surface area contributed by atoms with Gasteiger partial charge in [-0.2, -0.15) is 11.8 Å². The van der Waals surface area contributed by atoms with Gasteiger partial charge in [-0.15, -0.1) is 0 Å². The SMILES string of the molecule is Cc1cc(CNC(C)C)ccc1N1CCSC(C)C1. The number of hydrogen-bond donors (Lipinski definition) is 1. The van der Waals surface area contributed by atoms with Crippen molar-refractivity contribution in [2.75, 3.05) is 23.7 Å². The van der Waals surface area contributed by atoms with Crippen LogP contribution in [0.4, 0.5) is 5.69 Å². The number of aryl methyl sites for hydroxylation is 1. The van der Waals surface area contributed by atoms with Crippen LogP contribution in [-0.4, -0.2) is 30.1 Å². The average molecular weight is 278 g/mol. The highest BCUT2D eigenvalue weighted by Crippen LogP contribution is 2.27. The van der Waals surface area contributed by atoms with Crippen LogP contribution in [-0.2, 0) is 6.54 Å². The van der Waals surface area contributed by atoms with Crippen LogP contribution in [0.15, 0.2) is 18.2 Å². The molecule has 0 aromatic heterocycles. The van der Waals surface area contributed by atoms with E-state index >= 15 is 0 Å². The monoisotopic (exact) mass is 278 g/mol. The van der Waals surface area contributed by atoms with Crippen molar-refractivity contribution < 1.29 is 0 Å². The maximum absolute atomic E-state index is 3.48. The van der Waals surface area contributed by atoms with E-state index in [0.29, 0.717) is 6.04 Å². The molecule has 1 aliphatic heterocycles. The zero-order chi connectivity index (χ0) is 13.8. The first kappa shape index (κ1) is 14.7. The molecule has 2 nitrogen and oxygen atoms in total. The molecule has 2 rings (SSSR count). The van der Waals surface area contributed by atoms with E-state index in [1.165, 1.54) is 35.7 Å². The Bertz CT molecular complexity index is 417. The Morgan fingerprint density at radius 3 is 2.84 bits per heavy atom. The number of benzene rings is 1. The van der Waals surface area contributed by atoms with Crippen molar-refractivity contribution in [3.8, 4) is 0 Å². The van der Waals surface area contributed by atoms with E-state index in [-0.39, 0.29) is 0 Å². The lowest BCUT2D eigenvalue weighted by atomic mass is 10.1. The number of anilines is 1. The van der Waals surface area contributed by atoms with E-state index in [1.54, 1.807) is 0 Å². The number of nitrogens with one attached hydrogen (secondary N) is 1. The average Bonchev–Trinajstić information content (AvgIpc) is 2.36. The Kier molecular flexibility index (Phi) is 5.17. The first-order chi connectivity index (χ1) is 9.06. The Morgan fingerprint density at radius 1 is 1.42 bits per heavy atom. The normalized spacial score (nSPS) is 20.1. The highest BCUT2D eigenvalue weighted by atomic mass is 32.2. The quantitative estimate of drug-likeness (QED) is 0.908. The lowest BCUT2D eigenvalue weighted by molar-refractivity contribution is 0.588. The summed E-state index contributed by atoms with van der Waals surface area (Å²) in [6.07, 6.45) is 0. The molecule has 1 saturated heterocycles. The fourth-order valence-electron chi connectivity index (χ4n) is 2.54. The lowest BCUT2D eigenvalue weighted by Gasteiger charge is -2.33. The van der Waals surface area contributed by atoms with E-state index in [9.17, 15) is 0 Å². The van der Waals surface area contributed by atoms with Crippen LogP contribution in [0.25, 0.3) is 0 Å². The van der Waals surface area contributed by atoms with Crippen LogP contribution >= 0.6 is 11.8 Å². The van der Waals surface area contributed by atoms with Crippen molar-refractivity contribution in [3.05, 3.63) is 29.3 Å². The van der Waals surface area contributed by atoms with E-state index in [2.05, 4.69) is 67.9 Å². The van der Waals surface area contributed by atoms with Crippen LogP contribution in [0.1, 0.15) is 31.9 Å². The van der Waals surface area contributed by atoms with Crippen molar-refractivity contribution >= 4 is 17.4 Å². The predicted molar refractivity (Wildman–Crippen MR) is 87.3 cm³/mol. The molecule has 0 bridgehead atoms. The molecule has 0 radical (unpaired) electrons. The summed E-state index contributed by atoms with van der Waals surface area (Å²) in [7, 11) is 0. The molecular weight excluding hydrogens is 252 g/mol. The minimum Gasteiger partial charge on any atom is -0.369 e. The molecule has 1 aromatic carbocycles. The highest BCUT2D eigenvalue weighted by Gasteiger charge is 2.18. The predicted octanol–water partition coefficient (Wildman–Crippen LogP) is 3.43. The Balaban J connectivity index is 2.06. The van der Waals surface area contributed by atoms with E-state index in [4.69, 9.17) is 0 Å². The summed E-state index contributed by atoms with van der Waals surface area (Å²) < 4.78 is 0. The molecule has 0 saturated carbocycles. The van der Waals surface area contributed by atoms with Gasteiger partial charge in [0.15, 0.2) is 0 Å². The number of thioether (sulfide) groups is 1. The number of hydrogen-bond acceptors (Lipinski definition) is 3. The Hall–Kier alpha value is -0.670. The molecule has 1 unspecified atom stereocenters. The second kappa shape index (κ2) is 6.67. The number of rotatable bonds is 4. The summed E-state index contributed by atoms with van der Waals surface area (Å²) in [4.78, 5) is 2.54. The molecule has 0 spiro atoms. The largest absolute Gasteiger partial charge is 0.369 e. The third kappa shape index (κ3) is 4.15. The van der Waals surface area contributed by atoms with Crippen molar-refractivity contribution in [2.24, 2.45) is 0 Å². The maximum Gasteiger partial charge on any atom is 0.0396 e. The van der Waals surface area contributed by atoms with Gasteiger partial charge < -0.3 is 10.2 Å². The van der Waals surface area contributed by atoms with Gasteiger partial charge in [-0.25, -0.2) is 0 Å². The summed E-state index contributed by atoms with van der Waals surface area (Å²) in [5.74, 6) is 1.25. The van der Waals surface area contributed by atoms with Gasteiger partial charge in [0.25, 0.3) is 0 Å². The minimum atomic E-state index is 0.542. The standard InChI is InChI=1S/C16H26N2S/c1-12(2)17-10-15-5-6-16(13(3)9-15)18-7-8-19-14(4)11-18/h5-6,9,12,14,17H,7-8,10-11H2,1-4H3. The fourth-order valence-corrected chi connectivity index (χ4v) is 3.56. The molecule has 106 valence electrons. The van der Waals surface area contributed by atoms with Gasteiger partial charge in [-0.3, -0.25) is 0 Å². The van der Waals surface area contributed by atoms with E-state index in [1.807, 2.05) is 0 Å². The van der Waals surface area contributed by atoms with Gasteiger partial charge >= 0.3 is 0 Å². The van der Waals surface area contributed by atoms with Crippen molar-refractivity contribution in [2.45, 2.75) is 45.5 Å². The van der Waals surface area contributed by atoms with Gasteiger partial charge in [0.1, 0.15) is 0 Å². The molecule has 19 heavy (non-hydrogen) atoms. The van der Waals surface area contributed by atoms with E-state index < -0.39 is 0 Å². The lowest BCUT2D eigenvalue weighted by Crippen LogP contribution is -2.37. The summed E-state index contributed by atoms with van der Waals surface area (Å²) >= 11 is 2.09. The molecule has 0 amide bonds. The van der Waals surface area contributed by atoms with Crippen LogP contribution in [0.5, 0.6) is 0 Å². The first-order valence-corrected chi connectivity index (χ1v) is 8.30. The third-order valence-corrected chi connectivity index (χ3v) is 4.69. The summed E-state index contributed by atoms with van der Waals surface area (Å²) in [5, 5.41) is 4.22. The smallest absolute Gasteiger partial charge is 0.0396 e.